The van der Waals surface area contributed by atoms with Crippen molar-refractivity contribution >= 4 is 65.6 Å². The molecule has 1 aromatic rings. The number of nitro groups is 1. The maximum absolute atomic E-state index is 13.4. The molecule has 13 heteroatoms. The fourth-order valence-corrected chi connectivity index (χ4v) is 7.65. The smallest absolute Gasteiger partial charge is 0.357 e. The van der Waals surface area contributed by atoms with Gasteiger partial charge < -0.3 is 9.16 Å². The van der Waals surface area contributed by atoms with E-state index in [9.17, 15) is 24.5 Å². The Labute approximate surface area is 224 Å². The largest absolute Gasteiger partial charge is 0.456 e. The average molecular weight is 571 g/mol. The third kappa shape index (κ3) is 5.85. The van der Waals surface area contributed by atoms with Gasteiger partial charge in [-0.25, -0.2) is 4.79 Å². The third-order valence-electron chi connectivity index (χ3n) is 6.61. The van der Waals surface area contributed by atoms with Crippen molar-refractivity contribution in [3.05, 3.63) is 49.9 Å². The molecule has 0 spiro atoms. The number of thioether (sulfide) groups is 3. The molecular weight excluding hydrogens is 541 g/mol. The molecule has 2 fully saturated rings. The number of carbonyl (C=O) groups excluding carboxylic acids is 3. The number of nitro benzene ring substituents is 1. The highest BCUT2D eigenvalue weighted by molar-refractivity contribution is 8.57. The third-order valence-corrected chi connectivity index (χ3v) is 14.3. The van der Waals surface area contributed by atoms with Crippen molar-refractivity contribution in [3.8, 4) is 0 Å². The molecule has 36 heavy (non-hydrogen) atoms. The molecule has 2 saturated heterocycles. The molecule has 2 aliphatic rings. The topological polar surface area (TPSA) is 116 Å². The van der Waals surface area contributed by atoms with Gasteiger partial charge in [-0.15, -0.1) is 11.8 Å². The molecule has 9 nitrogen and oxygen atoms in total. The van der Waals surface area contributed by atoms with E-state index in [2.05, 4.69) is 33.9 Å². The molecule has 0 radical (unpaired) electrons. The quantitative estimate of drug-likeness (QED) is 0.0878. The predicted molar refractivity (Wildman–Crippen MR) is 146 cm³/mol. The number of amides is 1. The summed E-state index contributed by atoms with van der Waals surface area (Å²) in [4.78, 5) is 50.0. The van der Waals surface area contributed by atoms with E-state index in [0.29, 0.717) is 9.80 Å². The van der Waals surface area contributed by atoms with E-state index in [1.54, 1.807) is 0 Å². The Balaban J connectivity index is 1.78. The number of carbonyl (C=O) groups is 3. The van der Waals surface area contributed by atoms with E-state index in [4.69, 9.17) is 9.16 Å². The van der Waals surface area contributed by atoms with Gasteiger partial charge >= 0.3 is 5.97 Å². The second kappa shape index (κ2) is 10.9. The van der Waals surface area contributed by atoms with Crippen LogP contribution in [0.3, 0.4) is 0 Å². The summed E-state index contributed by atoms with van der Waals surface area (Å²) in [5.41, 5.74) is 0.559. The van der Waals surface area contributed by atoms with Crippen molar-refractivity contribution in [2.45, 2.75) is 63.9 Å². The lowest BCUT2D eigenvalue weighted by molar-refractivity contribution is -0.384. The molecule has 3 rings (SSSR count). The molecule has 0 saturated carbocycles. The van der Waals surface area contributed by atoms with Crippen LogP contribution in [-0.4, -0.2) is 52.2 Å². The molecule has 3 atom stereocenters. The van der Waals surface area contributed by atoms with Crippen molar-refractivity contribution in [2.75, 3.05) is 6.26 Å². The Hall–Kier alpha value is -1.80. The SMILES string of the molecule is CSC1C(C(C)O[Si](C)(C)C(C)(C)C)C(=O)N1C(C(=O)OCc1ccc([N+](=O)[O-])cc1)=C1SC(=O)S1. The molecule has 3 unspecified atom stereocenters. The van der Waals surface area contributed by atoms with Crippen LogP contribution >= 0.6 is 35.3 Å². The fourth-order valence-electron chi connectivity index (χ4n) is 3.59. The van der Waals surface area contributed by atoms with E-state index in [0.717, 1.165) is 23.5 Å². The van der Waals surface area contributed by atoms with Gasteiger partial charge in [0, 0.05) is 12.1 Å². The lowest BCUT2D eigenvalue weighted by Gasteiger charge is -2.51. The summed E-state index contributed by atoms with van der Waals surface area (Å²) in [6, 6.07) is 5.67. The number of hydrogen-bond acceptors (Lipinski definition) is 10. The van der Waals surface area contributed by atoms with Crippen LogP contribution in [0.1, 0.15) is 33.3 Å². The summed E-state index contributed by atoms with van der Waals surface area (Å²) in [7, 11) is -2.12. The fraction of sp³-hybridized carbons (Fsp3) is 0.522. The van der Waals surface area contributed by atoms with Crippen LogP contribution in [0.2, 0.25) is 18.1 Å². The van der Waals surface area contributed by atoms with Crippen molar-refractivity contribution in [1.82, 2.24) is 4.90 Å². The van der Waals surface area contributed by atoms with Gasteiger partial charge in [0.2, 0.25) is 5.91 Å². The number of non-ortho nitro benzene ring substituents is 1. The Bertz CT molecular complexity index is 1090. The zero-order valence-electron chi connectivity index (χ0n) is 21.2. The molecular formula is C23H30N2O7S3Si. The van der Waals surface area contributed by atoms with Crippen molar-refractivity contribution in [2.24, 2.45) is 5.92 Å². The molecule has 1 amide bonds. The Morgan fingerprint density at radius 3 is 2.28 bits per heavy atom. The Kier molecular flexibility index (Phi) is 8.71. The first-order chi connectivity index (χ1) is 16.7. The van der Waals surface area contributed by atoms with Crippen LogP contribution in [-0.2, 0) is 25.4 Å². The maximum Gasteiger partial charge on any atom is 0.357 e. The zero-order valence-corrected chi connectivity index (χ0v) is 24.7. The summed E-state index contributed by atoms with van der Waals surface area (Å²) in [5, 5.41) is 10.5. The molecule has 0 aliphatic carbocycles. The number of ether oxygens (including phenoxy) is 1. The zero-order chi connectivity index (χ0) is 27.0. The lowest BCUT2D eigenvalue weighted by Crippen LogP contribution is -2.64. The van der Waals surface area contributed by atoms with Gasteiger partial charge in [-0.1, -0.05) is 20.8 Å². The highest BCUT2D eigenvalue weighted by atomic mass is 32.3. The van der Waals surface area contributed by atoms with Crippen LogP contribution in [0.5, 0.6) is 0 Å². The van der Waals surface area contributed by atoms with E-state index in [1.807, 2.05) is 13.2 Å². The van der Waals surface area contributed by atoms with E-state index < -0.39 is 25.1 Å². The van der Waals surface area contributed by atoms with E-state index >= 15 is 0 Å². The maximum atomic E-state index is 13.4. The second-order valence-electron chi connectivity index (χ2n) is 10.0. The van der Waals surface area contributed by atoms with Gasteiger partial charge in [-0.2, -0.15) is 0 Å². The number of likely N-dealkylation sites (tertiary alicyclic amines) is 1. The highest BCUT2D eigenvalue weighted by Crippen LogP contribution is 2.52. The Morgan fingerprint density at radius 1 is 1.22 bits per heavy atom. The van der Waals surface area contributed by atoms with Crippen LogP contribution in [0, 0.1) is 16.0 Å². The normalized spacial score (nSPS) is 21.0. The van der Waals surface area contributed by atoms with Gasteiger partial charge in [0.05, 0.1) is 26.6 Å². The van der Waals surface area contributed by atoms with Crippen LogP contribution in [0.25, 0.3) is 0 Å². The van der Waals surface area contributed by atoms with Crippen molar-refractivity contribution in [3.63, 3.8) is 0 Å². The molecule has 2 heterocycles. The number of hydrogen-bond donors (Lipinski definition) is 0. The van der Waals surface area contributed by atoms with Crippen LogP contribution < -0.4 is 0 Å². The van der Waals surface area contributed by atoms with Crippen molar-refractivity contribution < 1.29 is 28.5 Å². The predicted octanol–water partition coefficient (Wildman–Crippen LogP) is 5.96. The number of benzene rings is 1. The van der Waals surface area contributed by atoms with E-state index in [1.165, 1.54) is 40.9 Å². The van der Waals surface area contributed by atoms with Gasteiger partial charge in [-0.05, 0) is 72.5 Å². The standard InChI is InChI=1S/C23H30N2O7S3Si/c1-13(32-36(6,7)23(2,3)4)16-18(26)24(19(16)33-5)17(21-34-22(28)35-21)20(27)31-12-14-8-10-15(11-9-14)25(29)30/h8-11,13,16,19H,12H2,1-7H3. The minimum Gasteiger partial charge on any atom is -0.456 e. The summed E-state index contributed by atoms with van der Waals surface area (Å²) in [6.07, 6.45) is 1.53. The number of nitrogens with zero attached hydrogens (tertiary/aromatic N) is 2. The molecule has 196 valence electrons. The van der Waals surface area contributed by atoms with Crippen LogP contribution in [0.15, 0.2) is 34.2 Å². The summed E-state index contributed by atoms with van der Waals surface area (Å²) < 4.78 is 12.2. The Morgan fingerprint density at radius 2 is 1.81 bits per heavy atom. The summed E-state index contributed by atoms with van der Waals surface area (Å²) in [6.45, 7) is 12.5. The highest BCUT2D eigenvalue weighted by Gasteiger charge is 2.56. The molecule has 0 aromatic heterocycles. The van der Waals surface area contributed by atoms with E-state index in [-0.39, 0.29) is 44.9 Å². The molecule has 0 bridgehead atoms. The number of rotatable bonds is 9. The number of β-lactam (4-membered cyclic amide) rings is 1. The molecule has 2 aliphatic heterocycles. The first-order valence-corrected chi connectivity index (χ1v) is 17.1. The second-order valence-corrected chi connectivity index (χ2v) is 18.2. The van der Waals surface area contributed by atoms with Gasteiger partial charge in [0.15, 0.2) is 14.0 Å². The lowest BCUT2D eigenvalue weighted by atomic mass is 9.92. The monoisotopic (exact) mass is 570 g/mol. The molecule has 1 aromatic carbocycles. The van der Waals surface area contributed by atoms with Gasteiger partial charge in [0.25, 0.3) is 10.1 Å². The summed E-state index contributed by atoms with van der Waals surface area (Å²) in [5.74, 6) is -1.39. The van der Waals surface area contributed by atoms with Crippen LogP contribution in [0.4, 0.5) is 10.5 Å². The first-order valence-electron chi connectivity index (χ1n) is 11.3. The van der Waals surface area contributed by atoms with Gasteiger partial charge in [-0.3, -0.25) is 24.6 Å². The summed E-state index contributed by atoms with van der Waals surface area (Å²) >= 11 is 3.26. The molecule has 0 N–H and O–H groups in total. The minimum atomic E-state index is -2.12. The van der Waals surface area contributed by atoms with Crippen molar-refractivity contribution in [1.29, 1.82) is 0 Å². The van der Waals surface area contributed by atoms with Gasteiger partial charge in [0.1, 0.15) is 6.61 Å². The number of esters is 1. The average Bonchev–Trinajstić information content (AvgIpc) is 2.76. The first kappa shape index (κ1) is 28.8. The minimum absolute atomic E-state index is 0.0169.